The molecule has 5 nitrogen and oxygen atoms in total. The van der Waals surface area contributed by atoms with Gasteiger partial charge in [-0.3, -0.25) is 0 Å². The van der Waals surface area contributed by atoms with Crippen molar-refractivity contribution in [1.82, 2.24) is 5.32 Å². The van der Waals surface area contributed by atoms with Gasteiger partial charge in [-0.15, -0.1) is 0 Å². The van der Waals surface area contributed by atoms with Crippen LogP contribution in [0.5, 0.6) is 0 Å². The third kappa shape index (κ3) is 4.32. The summed E-state index contributed by atoms with van der Waals surface area (Å²) >= 11 is 0. The first-order valence-corrected chi connectivity index (χ1v) is 6.00. The molecule has 20 heavy (non-hydrogen) atoms. The maximum Gasteiger partial charge on any atom is 0.408 e. The zero-order valence-corrected chi connectivity index (χ0v) is 11.4. The van der Waals surface area contributed by atoms with Crippen molar-refractivity contribution in [3.8, 4) is 0 Å². The van der Waals surface area contributed by atoms with Crippen molar-refractivity contribution in [3.05, 3.63) is 23.8 Å². The van der Waals surface area contributed by atoms with Crippen LogP contribution in [0.1, 0.15) is 20.8 Å². The number of halogens is 2. The summed E-state index contributed by atoms with van der Waals surface area (Å²) in [6.07, 6.45) is -1.74. The molecule has 3 unspecified atom stereocenters. The number of allylic oxidation sites excluding steroid dienone is 3. The minimum absolute atomic E-state index is 0.363. The molecular weight excluding hydrogens is 272 g/mol. The van der Waals surface area contributed by atoms with Crippen molar-refractivity contribution in [2.75, 3.05) is 0 Å². The van der Waals surface area contributed by atoms with Crippen LogP contribution < -0.4 is 5.32 Å². The second-order valence-corrected chi connectivity index (χ2v) is 5.32. The van der Waals surface area contributed by atoms with Gasteiger partial charge in [-0.2, -0.15) is 0 Å². The van der Waals surface area contributed by atoms with Gasteiger partial charge in [-0.25, -0.2) is 18.4 Å². The molecule has 0 bridgehead atoms. The predicted molar refractivity (Wildman–Crippen MR) is 67.8 cm³/mol. The normalized spacial score (nSPS) is 23.8. The van der Waals surface area contributed by atoms with E-state index in [0.717, 1.165) is 12.2 Å². The van der Waals surface area contributed by atoms with E-state index in [-0.39, 0.29) is 5.57 Å². The van der Waals surface area contributed by atoms with Crippen molar-refractivity contribution in [1.29, 1.82) is 0 Å². The van der Waals surface area contributed by atoms with Gasteiger partial charge in [0, 0.05) is 5.57 Å². The minimum atomic E-state index is -2.11. The number of hydrogen-bond donors (Lipinski definition) is 2. The molecule has 0 saturated carbocycles. The van der Waals surface area contributed by atoms with Crippen LogP contribution >= 0.6 is 0 Å². The Morgan fingerprint density at radius 3 is 2.50 bits per heavy atom. The Bertz CT molecular complexity index is 454. The fourth-order valence-electron chi connectivity index (χ4n) is 1.61. The van der Waals surface area contributed by atoms with Gasteiger partial charge < -0.3 is 15.2 Å². The summed E-state index contributed by atoms with van der Waals surface area (Å²) in [5, 5.41) is 11.1. The number of nitrogens with one attached hydrogen (secondary N) is 1. The molecule has 0 aromatic heterocycles. The monoisotopic (exact) mass is 289 g/mol. The Labute approximate surface area is 115 Å². The zero-order chi connectivity index (χ0) is 15.5. The number of ether oxygens (including phenoxy) is 1. The van der Waals surface area contributed by atoms with E-state index in [4.69, 9.17) is 9.84 Å². The first-order chi connectivity index (χ1) is 9.11. The molecule has 7 heteroatoms. The number of carboxylic acids is 1. The number of rotatable bonds is 3. The number of carbonyl (C=O) groups excluding carboxylic acids is 1. The predicted octanol–water partition coefficient (Wildman–Crippen LogP) is 2.14. The van der Waals surface area contributed by atoms with E-state index in [2.05, 4.69) is 0 Å². The molecule has 112 valence electrons. The fraction of sp³-hybridized carbons (Fsp3) is 0.538. The number of alkyl carbamates (subject to hydrolysis) is 1. The van der Waals surface area contributed by atoms with Crippen LogP contribution in [0.2, 0.25) is 0 Å². The molecule has 1 aliphatic carbocycles. The van der Waals surface area contributed by atoms with E-state index in [1.54, 1.807) is 20.8 Å². The largest absolute Gasteiger partial charge is 0.479 e. The molecule has 1 amide bonds. The lowest BCUT2D eigenvalue weighted by molar-refractivity contribution is -0.138. The molecule has 1 rings (SSSR count). The quantitative estimate of drug-likeness (QED) is 0.834. The van der Waals surface area contributed by atoms with Crippen LogP contribution in [0, 0.1) is 0 Å². The second kappa shape index (κ2) is 6.02. The molecule has 0 aliphatic heterocycles. The van der Waals surface area contributed by atoms with Crippen molar-refractivity contribution < 1.29 is 28.2 Å². The molecule has 0 radical (unpaired) electrons. The molecule has 0 aromatic rings. The molecule has 0 fully saturated rings. The van der Waals surface area contributed by atoms with Crippen LogP contribution in [-0.4, -0.2) is 41.2 Å². The number of carbonyl (C=O) groups is 2. The van der Waals surface area contributed by atoms with Crippen LogP contribution in [0.3, 0.4) is 0 Å². The lowest BCUT2D eigenvalue weighted by Crippen LogP contribution is -2.47. The Balaban J connectivity index is 2.86. The molecule has 0 spiro atoms. The maximum absolute atomic E-state index is 13.7. The number of alkyl halides is 2. The van der Waals surface area contributed by atoms with E-state index in [1.165, 1.54) is 6.08 Å². The second-order valence-electron chi connectivity index (χ2n) is 5.32. The van der Waals surface area contributed by atoms with Crippen LogP contribution in [0.15, 0.2) is 23.8 Å². The Hall–Kier alpha value is -1.92. The van der Waals surface area contributed by atoms with Crippen molar-refractivity contribution in [2.24, 2.45) is 0 Å². The fourth-order valence-corrected chi connectivity index (χ4v) is 1.61. The van der Waals surface area contributed by atoms with Gasteiger partial charge in [0.25, 0.3) is 0 Å². The van der Waals surface area contributed by atoms with Gasteiger partial charge in [0.1, 0.15) is 5.60 Å². The molecular formula is C13H17F2NO4. The van der Waals surface area contributed by atoms with Crippen LogP contribution in [0.4, 0.5) is 13.6 Å². The van der Waals surface area contributed by atoms with E-state index in [1.807, 2.05) is 5.32 Å². The topological polar surface area (TPSA) is 75.6 Å². The first-order valence-electron chi connectivity index (χ1n) is 6.00. The minimum Gasteiger partial charge on any atom is -0.479 e. The summed E-state index contributed by atoms with van der Waals surface area (Å²) in [6, 6.07) is -1.68. The third-order valence-electron chi connectivity index (χ3n) is 2.42. The van der Waals surface area contributed by atoms with Gasteiger partial charge in [0.05, 0.1) is 0 Å². The summed E-state index contributed by atoms with van der Waals surface area (Å²) in [6.45, 7) is 4.79. The van der Waals surface area contributed by atoms with Gasteiger partial charge >= 0.3 is 12.1 Å². The summed E-state index contributed by atoms with van der Waals surface area (Å²) in [4.78, 5) is 22.7. The number of amides is 1. The van der Waals surface area contributed by atoms with Crippen molar-refractivity contribution in [2.45, 2.75) is 44.8 Å². The van der Waals surface area contributed by atoms with Crippen molar-refractivity contribution in [3.63, 3.8) is 0 Å². The standard InChI is InChI=1S/C13H17F2NO4/c1-13(2,3)20-12(19)16-10(11(17)18)7-5-4-6-8(14)9(7)15/h4-6,8-10H,1-3H3,(H,16,19)(H,17,18). The Morgan fingerprint density at radius 1 is 1.40 bits per heavy atom. The highest BCUT2D eigenvalue weighted by Crippen LogP contribution is 2.23. The lowest BCUT2D eigenvalue weighted by atomic mass is 9.95. The highest BCUT2D eigenvalue weighted by atomic mass is 19.2. The first kappa shape index (κ1) is 16.1. The maximum atomic E-state index is 13.7. The molecule has 0 heterocycles. The highest BCUT2D eigenvalue weighted by molar-refractivity contribution is 5.83. The smallest absolute Gasteiger partial charge is 0.408 e. The molecule has 0 aromatic carbocycles. The Kier molecular flexibility index (Phi) is 4.86. The molecule has 3 atom stereocenters. The van der Waals surface area contributed by atoms with Gasteiger partial charge in [-0.1, -0.05) is 12.2 Å². The summed E-state index contributed by atoms with van der Waals surface area (Å²) in [5.74, 6) is -1.49. The van der Waals surface area contributed by atoms with E-state index in [0.29, 0.717) is 0 Å². The van der Waals surface area contributed by atoms with Crippen LogP contribution in [0.25, 0.3) is 0 Å². The SMILES string of the molecule is CC(C)(C)OC(=O)NC(C(=O)O)C1=CC=CC(F)C1F. The van der Waals surface area contributed by atoms with E-state index >= 15 is 0 Å². The van der Waals surface area contributed by atoms with Gasteiger partial charge in [0.15, 0.2) is 18.4 Å². The average molecular weight is 289 g/mol. The molecule has 2 N–H and O–H groups in total. The van der Waals surface area contributed by atoms with E-state index < -0.39 is 36.0 Å². The summed E-state index contributed by atoms with van der Waals surface area (Å²) < 4.78 is 31.8. The highest BCUT2D eigenvalue weighted by Gasteiger charge is 2.35. The van der Waals surface area contributed by atoms with Gasteiger partial charge in [0.2, 0.25) is 0 Å². The number of carboxylic acid groups (broad SMARTS) is 1. The van der Waals surface area contributed by atoms with Gasteiger partial charge in [-0.05, 0) is 26.8 Å². The summed E-state index contributed by atoms with van der Waals surface area (Å²) in [5.41, 5.74) is -1.19. The molecule has 1 aliphatic rings. The zero-order valence-electron chi connectivity index (χ0n) is 11.4. The van der Waals surface area contributed by atoms with Crippen molar-refractivity contribution >= 4 is 12.1 Å². The number of aliphatic carboxylic acids is 1. The number of hydrogen-bond acceptors (Lipinski definition) is 3. The average Bonchev–Trinajstić information content (AvgIpc) is 2.27. The Morgan fingerprint density at radius 2 is 2.00 bits per heavy atom. The summed E-state index contributed by atoms with van der Waals surface area (Å²) in [7, 11) is 0. The van der Waals surface area contributed by atoms with Crippen LogP contribution in [-0.2, 0) is 9.53 Å². The van der Waals surface area contributed by atoms with E-state index in [9.17, 15) is 18.4 Å². The lowest BCUT2D eigenvalue weighted by Gasteiger charge is -2.25. The molecule has 0 saturated heterocycles. The third-order valence-corrected chi connectivity index (χ3v) is 2.42.